The van der Waals surface area contributed by atoms with Crippen LogP contribution in [0.5, 0.6) is 0 Å². The number of amides is 2. The van der Waals surface area contributed by atoms with Crippen LogP contribution in [-0.2, 0) is 15.1 Å². The molecule has 28 heavy (non-hydrogen) atoms. The summed E-state index contributed by atoms with van der Waals surface area (Å²) in [6, 6.07) is 14.0. The molecule has 8 nitrogen and oxygen atoms in total. The number of anilines is 1. The van der Waals surface area contributed by atoms with Gasteiger partial charge < -0.3 is 21.3 Å². The van der Waals surface area contributed by atoms with Crippen molar-refractivity contribution >= 4 is 23.6 Å². The van der Waals surface area contributed by atoms with Crippen molar-refractivity contribution in [1.82, 2.24) is 0 Å². The monoisotopic (exact) mass is 384 g/mol. The van der Waals surface area contributed by atoms with E-state index in [1.807, 2.05) is 0 Å². The van der Waals surface area contributed by atoms with Crippen LogP contribution in [0.25, 0.3) is 0 Å². The van der Waals surface area contributed by atoms with Gasteiger partial charge in [-0.3, -0.25) is 10.2 Å². The predicted octanol–water partition coefficient (Wildman–Crippen LogP) is 2.04. The molecular weight excluding hydrogens is 360 g/mol. The lowest BCUT2D eigenvalue weighted by molar-refractivity contribution is -0.133. The molecule has 0 fully saturated rings. The van der Waals surface area contributed by atoms with Gasteiger partial charge in [0, 0.05) is 0 Å². The Hall–Kier alpha value is -3.39. The number of ether oxygens (including phenoxy) is 1. The number of hydrogen-bond donors (Lipinski definition) is 4. The summed E-state index contributed by atoms with van der Waals surface area (Å²) < 4.78 is 5.26. The Morgan fingerprint density at radius 1 is 0.964 bits per heavy atom. The smallest absolute Gasteiger partial charge is 0.421 e. The highest BCUT2D eigenvalue weighted by Crippen LogP contribution is 2.31. The molecule has 0 radical (unpaired) electrons. The second-order valence-electron chi connectivity index (χ2n) is 7.19. The molecule has 2 aromatic rings. The summed E-state index contributed by atoms with van der Waals surface area (Å²) in [4.78, 5) is 25.3. The molecule has 0 aromatic heterocycles. The Morgan fingerprint density at radius 3 is 1.89 bits per heavy atom. The van der Waals surface area contributed by atoms with E-state index in [-0.39, 0.29) is 11.3 Å². The number of aliphatic hydroxyl groups is 1. The van der Waals surface area contributed by atoms with E-state index in [9.17, 15) is 14.7 Å². The zero-order valence-electron chi connectivity index (χ0n) is 16.0. The molecule has 0 aliphatic carbocycles. The molecule has 0 saturated carbocycles. The number of guanidine groups is 1. The molecule has 1 unspecified atom stereocenters. The summed E-state index contributed by atoms with van der Waals surface area (Å²) in [5, 5.41) is 18.7. The van der Waals surface area contributed by atoms with Gasteiger partial charge in [0.1, 0.15) is 5.60 Å². The van der Waals surface area contributed by atoms with Crippen molar-refractivity contribution in [3.05, 3.63) is 65.7 Å². The average Bonchev–Trinajstić information content (AvgIpc) is 2.60. The first kappa shape index (κ1) is 20.9. The van der Waals surface area contributed by atoms with Crippen LogP contribution in [0.4, 0.5) is 10.5 Å². The van der Waals surface area contributed by atoms with E-state index in [1.165, 1.54) is 24.3 Å². The third-order valence-corrected chi connectivity index (χ3v) is 3.91. The third-order valence-electron chi connectivity index (χ3n) is 3.91. The maximum absolute atomic E-state index is 12.4. The largest absolute Gasteiger partial charge is 0.443 e. The summed E-state index contributed by atoms with van der Waals surface area (Å²) in [6.07, 6.45) is -0.819. The molecule has 6 N–H and O–H groups in total. The Balaban J connectivity index is 2.43. The molecule has 0 bridgehead atoms. The van der Waals surface area contributed by atoms with Gasteiger partial charge in [-0.2, -0.15) is 0 Å². The molecule has 148 valence electrons. The minimum atomic E-state index is -2.05. The van der Waals surface area contributed by atoms with Gasteiger partial charge in [0.2, 0.25) is 5.96 Å². The van der Waals surface area contributed by atoms with Gasteiger partial charge in [-0.05, 0) is 44.0 Å². The molecule has 2 aromatic carbocycles. The minimum Gasteiger partial charge on any atom is -0.443 e. The van der Waals surface area contributed by atoms with E-state index < -0.39 is 29.2 Å². The van der Waals surface area contributed by atoms with Crippen LogP contribution in [0.15, 0.2) is 54.6 Å². The van der Waals surface area contributed by atoms with Crippen LogP contribution in [0.3, 0.4) is 0 Å². The zero-order chi connectivity index (χ0) is 21.1. The van der Waals surface area contributed by atoms with Gasteiger partial charge in [-0.1, -0.05) is 42.5 Å². The van der Waals surface area contributed by atoms with Crippen molar-refractivity contribution in [2.24, 2.45) is 11.5 Å². The van der Waals surface area contributed by atoms with Gasteiger partial charge >= 0.3 is 6.09 Å². The van der Waals surface area contributed by atoms with Crippen LogP contribution in [-0.4, -0.2) is 28.7 Å². The highest BCUT2D eigenvalue weighted by atomic mass is 16.6. The fourth-order valence-electron chi connectivity index (χ4n) is 2.63. The topological polar surface area (TPSA) is 143 Å². The molecule has 0 heterocycles. The fraction of sp³-hybridized carbons (Fsp3) is 0.250. The molecule has 8 heteroatoms. The second kappa shape index (κ2) is 7.69. The van der Waals surface area contributed by atoms with E-state index in [1.54, 1.807) is 51.1 Å². The molecule has 2 amide bonds. The number of rotatable bonds is 4. The average molecular weight is 384 g/mol. The van der Waals surface area contributed by atoms with E-state index in [0.717, 1.165) is 4.90 Å². The number of nitrogens with zero attached hydrogens (tertiary/aromatic N) is 1. The highest BCUT2D eigenvalue weighted by molar-refractivity contribution is 6.12. The third kappa shape index (κ3) is 4.29. The number of primary amides is 1. The molecule has 0 saturated heterocycles. The van der Waals surface area contributed by atoms with Crippen molar-refractivity contribution < 1.29 is 19.4 Å². The Morgan fingerprint density at radius 2 is 1.46 bits per heavy atom. The predicted molar refractivity (Wildman–Crippen MR) is 106 cm³/mol. The number of carbonyl (C=O) groups excluding carboxylic acids is 2. The van der Waals surface area contributed by atoms with Gasteiger partial charge in [-0.15, -0.1) is 0 Å². The first-order valence-corrected chi connectivity index (χ1v) is 8.52. The molecule has 0 aliphatic rings. The minimum absolute atomic E-state index is 0.211. The normalized spacial score (nSPS) is 13.3. The number of carbonyl (C=O) groups is 2. The second-order valence-corrected chi connectivity index (χ2v) is 7.19. The van der Waals surface area contributed by atoms with Crippen LogP contribution in [0.1, 0.15) is 31.9 Å². The van der Waals surface area contributed by atoms with Crippen molar-refractivity contribution in [1.29, 1.82) is 5.41 Å². The maximum Gasteiger partial charge on any atom is 0.421 e. The lowest BCUT2D eigenvalue weighted by Gasteiger charge is -2.28. The number of benzene rings is 2. The van der Waals surface area contributed by atoms with Crippen molar-refractivity contribution in [2.75, 3.05) is 4.90 Å². The highest BCUT2D eigenvalue weighted by Gasteiger charge is 2.38. The number of nitrogens with two attached hydrogens (primary N) is 2. The van der Waals surface area contributed by atoms with E-state index in [2.05, 4.69) is 0 Å². The molecular formula is C20H24N4O4. The summed E-state index contributed by atoms with van der Waals surface area (Å²) in [7, 11) is 0. The molecule has 2 rings (SSSR count). The van der Waals surface area contributed by atoms with Crippen LogP contribution < -0.4 is 16.4 Å². The summed E-state index contributed by atoms with van der Waals surface area (Å²) in [5.41, 5.74) is 8.95. The first-order chi connectivity index (χ1) is 13.0. The molecule has 1 atom stereocenters. The number of nitrogens with one attached hydrogen (secondary N) is 1. The lowest BCUT2D eigenvalue weighted by atomic mass is 9.85. The first-order valence-electron chi connectivity index (χ1n) is 8.52. The lowest BCUT2D eigenvalue weighted by Crippen LogP contribution is -2.44. The Bertz CT molecular complexity index is 875. The molecule has 0 aliphatic heterocycles. The van der Waals surface area contributed by atoms with Crippen molar-refractivity contribution in [3.8, 4) is 0 Å². The summed E-state index contributed by atoms with van der Waals surface area (Å²) in [6.45, 7) is 5.08. The molecule has 0 spiro atoms. The van der Waals surface area contributed by atoms with Crippen LogP contribution in [0, 0.1) is 5.41 Å². The van der Waals surface area contributed by atoms with Gasteiger partial charge in [0.05, 0.1) is 5.69 Å². The van der Waals surface area contributed by atoms with Crippen LogP contribution >= 0.6 is 0 Å². The Labute approximate surface area is 163 Å². The summed E-state index contributed by atoms with van der Waals surface area (Å²) >= 11 is 0. The fourth-order valence-corrected chi connectivity index (χ4v) is 2.63. The summed E-state index contributed by atoms with van der Waals surface area (Å²) in [5.74, 6) is -1.47. The van der Waals surface area contributed by atoms with E-state index >= 15 is 0 Å². The van der Waals surface area contributed by atoms with E-state index in [0.29, 0.717) is 5.56 Å². The van der Waals surface area contributed by atoms with Gasteiger partial charge in [0.15, 0.2) is 5.60 Å². The SMILES string of the molecule is CC(C)(C)OC(=O)N(C(=N)N)c1ccc(C(O)(C(N)=O)c2ccccc2)cc1. The van der Waals surface area contributed by atoms with Crippen molar-refractivity contribution in [2.45, 2.75) is 32.0 Å². The Kier molecular flexibility index (Phi) is 5.75. The maximum atomic E-state index is 12.4. The van der Waals surface area contributed by atoms with Crippen LogP contribution in [0.2, 0.25) is 0 Å². The standard InChI is InChI=1S/C20H24N4O4/c1-19(2,3)28-18(26)24(17(22)23)15-11-9-14(10-12-15)20(27,16(21)25)13-7-5-4-6-8-13/h4-12,27H,1-3H3,(H2,21,25)(H3,22,23). The quantitative estimate of drug-likeness (QED) is 0.471. The zero-order valence-corrected chi connectivity index (χ0v) is 16.0. The number of hydrogen-bond acceptors (Lipinski definition) is 5. The van der Waals surface area contributed by atoms with E-state index in [4.69, 9.17) is 21.6 Å². The van der Waals surface area contributed by atoms with Gasteiger partial charge in [-0.25, -0.2) is 9.69 Å². The van der Waals surface area contributed by atoms with Crippen molar-refractivity contribution in [3.63, 3.8) is 0 Å². The van der Waals surface area contributed by atoms with Gasteiger partial charge in [0.25, 0.3) is 5.91 Å².